The van der Waals surface area contributed by atoms with Crippen molar-refractivity contribution in [1.29, 1.82) is 0 Å². The van der Waals surface area contributed by atoms with Crippen LogP contribution < -0.4 is 5.32 Å². The molecule has 0 unspecified atom stereocenters. The van der Waals surface area contributed by atoms with E-state index in [-0.39, 0.29) is 23.1 Å². The van der Waals surface area contributed by atoms with Crippen LogP contribution in [0, 0.1) is 3.57 Å². The van der Waals surface area contributed by atoms with E-state index in [0.29, 0.717) is 9.26 Å². The van der Waals surface area contributed by atoms with Gasteiger partial charge in [0, 0.05) is 9.49 Å². The van der Waals surface area contributed by atoms with Gasteiger partial charge in [0.25, 0.3) is 0 Å². The van der Waals surface area contributed by atoms with Crippen LogP contribution in [0.25, 0.3) is 11.1 Å². The standard InChI is InChI=1S/C22H15ClINO4/c23-18-10-20(19(24)9-16(18)21(26)27)25-22(28)29-11-17-14-7-3-1-5-12(14)13-6-2-4-8-15(13)17/h1-10,17H,11H2,(H,25,28)(H,26,27). The van der Waals surface area contributed by atoms with Crippen molar-refractivity contribution < 1.29 is 19.4 Å². The Morgan fingerprint density at radius 3 is 2.21 bits per heavy atom. The summed E-state index contributed by atoms with van der Waals surface area (Å²) in [5, 5.41) is 11.8. The van der Waals surface area contributed by atoms with Crippen LogP contribution in [0.4, 0.5) is 10.5 Å². The zero-order valence-corrected chi connectivity index (χ0v) is 17.9. The molecule has 0 radical (unpaired) electrons. The van der Waals surface area contributed by atoms with Crippen molar-refractivity contribution in [2.75, 3.05) is 11.9 Å². The zero-order chi connectivity index (χ0) is 20.5. The van der Waals surface area contributed by atoms with Crippen LogP contribution in [0.3, 0.4) is 0 Å². The third-order valence-electron chi connectivity index (χ3n) is 4.87. The molecule has 0 aromatic heterocycles. The maximum atomic E-state index is 12.4. The predicted octanol–water partition coefficient (Wildman–Crippen LogP) is 6.00. The molecule has 0 heterocycles. The Hall–Kier alpha value is -2.58. The van der Waals surface area contributed by atoms with Gasteiger partial charge in [-0.25, -0.2) is 9.59 Å². The van der Waals surface area contributed by atoms with E-state index >= 15 is 0 Å². The summed E-state index contributed by atoms with van der Waals surface area (Å²) < 4.78 is 6.06. The van der Waals surface area contributed by atoms with Crippen LogP contribution >= 0.6 is 34.2 Å². The normalized spacial score (nSPS) is 12.2. The molecular formula is C22H15ClINO4. The number of aromatic carboxylic acids is 1. The molecule has 1 amide bonds. The summed E-state index contributed by atoms with van der Waals surface area (Å²) >= 11 is 7.94. The van der Waals surface area contributed by atoms with Crippen molar-refractivity contribution >= 4 is 51.9 Å². The van der Waals surface area contributed by atoms with Gasteiger partial charge in [-0.15, -0.1) is 0 Å². The number of hydrogen-bond acceptors (Lipinski definition) is 3. The minimum Gasteiger partial charge on any atom is -0.478 e. The largest absolute Gasteiger partial charge is 0.478 e. The number of fused-ring (bicyclic) bond motifs is 3. The van der Waals surface area contributed by atoms with E-state index in [1.54, 1.807) is 0 Å². The van der Waals surface area contributed by atoms with E-state index in [1.165, 1.54) is 12.1 Å². The molecule has 0 spiro atoms. The first-order valence-electron chi connectivity index (χ1n) is 8.80. The number of nitrogens with one attached hydrogen (secondary N) is 1. The molecule has 1 aliphatic carbocycles. The van der Waals surface area contributed by atoms with Crippen LogP contribution in [0.5, 0.6) is 0 Å². The van der Waals surface area contributed by atoms with Gasteiger partial charge in [0.05, 0.1) is 16.3 Å². The lowest BCUT2D eigenvalue weighted by Crippen LogP contribution is -2.18. The molecule has 2 N–H and O–H groups in total. The molecule has 146 valence electrons. The van der Waals surface area contributed by atoms with Crippen molar-refractivity contribution in [2.45, 2.75) is 5.92 Å². The molecule has 0 saturated heterocycles. The molecule has 0 saturated carbocycles. The van der Waals surface area contributed by atoms with Crippen molar-refractivity contribution in [3.8, 4) is 11.1 Å². The van der Waals surface area contributed by atoms with Crippen LogP contribution in [0.1, 0.15) is 27.4 Å². The van der Waals surface area contributed by atoms with Gasteiger partial charge in [-0.2, -0.15) is 0 Å². The second-order valence-corrected chi connectivity index (χ2v) is 8.14. The second-order valence-electron chi connectivity index (χ2n) is 6.57. The van der Waals surface area contributed by atoms with E-state index in [1.807, 2.05) is 46.9 Å². The molecule has 0 atom stereocenters. The Kier molecular flexibility index (Phi) is 5.47. The van der Waals surface area contributed by atoms with Gasteiger partial charge in [0.1, 0.15) is 6.61 Å². The van der Waals surface area contributed by atoms with Gasteiger partial charge in [0.15, 0.2) is 0 Å². The third kappa shape index (κ3) is 3.82. The van der Waals surface area contributed by atoms with Crippen molar-refractivity contribution in [3.63, 3.8) is 0 Å². The average Bonchev–Trinajstić information content (AvgIpc) is 3.02. The van der Waals surface area contributed by atoms with E-state index in [4.69, 9.17) is 21.4 Å². The van der Waals surface area contributed by atoms with Crippen LogP contribution in [-0.4, -0.2) is 23.8 Å². The molecule has 7 heteroatoms. The van der Waals surface area contributed by atoms with Crippen LogP contribution in [-0.2, 0) is 4.74 Å². The molecule has 1 aliphatic rings. The molecule has 5 nitrogen and oxygen atoms in total. The van der Waals surface area contributed by atoms with Gasteiger partial charge in [-0.1, -0.05) is 60.1 Å². The summed E-state index contributed by atoms with van der Waals surface area (Å²) in [6.07, 6.45) is -0.621. The Labute approximate surface area is 185 Å². The van der Waals surface area contributed by atoms with Gasteiger partial charge >= 0.3 is 12.1 Å². The highest BCUT2D eigenvalue weighted by molar-refractivity contribution is 14.1. The fraction of sp³-hybridized carbons (Fsp3) is 0.0909. The quantitative estimate of drug-likeness (QED) is 0.414. The number of carboxylic acid groups (broad SMARTS) is 1. The minimum atomic E-state index is -1.12. The molecule has 0 aliphatic heterocycles. The number of amides is 1. The number of benzene rings is 3. The van der Waals surface area contributed by atoms with Crippen LogP contribution in [0.15, 0.2) is 60.7 Å². The number of carbonyl (C=O) groups excluding carboxylic acids is 1. The number of anilines is 1. The smallest absolute Gasteiger partial charge is 0.411 e. The van der Waals surface area contributed by atoms with Crippen LogP contribution in [0.2, 0.25) is 5.02 Å². The monoisotopic (exact) mass is 519 g/mol. The molecule has 29 heavy (non-hydrogen) atoms. The predicted molar refractivity (Wildman–Crippen MR) is 120 cm³/mol. The Bertz CT molecular complexity index is 1090. The van der Waals surface area contributed by atoms with Gasteiger partial charge < -0.3 is 9.84 Å². The lowest BCUT2D eigenvalue weighted by Gasteiger charge is -2.15. The SMILES string of the molecule is O=C(Nc1cc(Cl)c(C(=O)O)cc1I)OCC1c2ccccc2-c2ccccc21. The minimum absolute atomic E-state index is 0.0193. The summed E-state index contributed by atoms with van der Waals surface area (Å²) in [5.74, 6) is -1.16. The lowest BCUT2D eigenvalue weighted by atomic mass is 9.98. The van der Waals surface area contributed by atoms with Gasteiger partial charge in [0.2, 0.25) is 0 Å². The number of halogens is 2. The van der Waals surface area contributed by atoms with Gasteiger partial charge in [-0.05, 0) is 57.0 Å². The zero-order valence-electron chi connectivity index (χ0n) is 15.0. The van der Waals surface area contributed by atoms with E-state index in [0.717, 1.165) is 22.3 Å². The number of hydrogen-bond donors (Lipinski definition) is 2. The lowest BCUT2D eigenvalue weighted by molar-refractivity contribution is 0.0697. The maximum absolute atomic E-state index is 12.4. The first-order valence-corrected chi connectivity index (χ1v) is 10.3. The van der Waals surface area contributed by atoms with E-state index in [2.05, 4.69) is 29.6 Å². The molecule has 0 bridgehead atoms. The Balaban J connectivity index is 1.50. The molecule has 4 rings (SSSR count). The maximum Gasteiger partial charge on any atom is 0.411 e. The molecule has 3 aromatic rings. The summed E-state index contributed by atoms with van der Waals surface area (Å²) in [6.45, 7) is 0.192. The summed E-state index contributed by atoms with van der Waals surface area (Å²) in [4.78, 5) is 23.5. The summed E-state index contributed by atoms with van der Waals surface area (Å²) in [6, 6.07) is 19.0. The van der Waals surface area contributed by atoms with E-state index < -0.39 is 12.1 Å². The molecule has 3 aromatic carbocycles. The fourth-order valence-electron chi connectivity index (χ4n) is 3.55. The van der Waals surface area contributed by atoms with Gasteiger partial charge in [-0.3, -0.25) is 5.32 Å². The highest BCUT2D eigenvalue weighted by Crippen LogP contribution is 2.44. The topological polar surface area (TPSA) is 75.6 Å². The molecular weight excluding hydrogens is 505 g/mol. The average molecular weight is 520 g/mol. The molecule has 0 fully saturated rings. The number of carboxylic acids is 1. The first-order chi connectivity index (χ1) is 14.0. The number of ether oxygens (including phenoxy) is 1. The van der Waals surface area contributed by atoms with Crippen molar-refractivity contribution in [3.05, 3.63) is 85.9 Å². The summed E-state index contributed by atoms with van der Waals surface area (Å²) in [7, 11) is 0. The highest BCUT2D eigenvalue weighted by Gasteiger charge is 2.29. The summed E-state index contributed by atoms with van der Waals surface area (Å²) in [5.41, 5.74) is 4.95. The highest BCUT2D eigenvalue weighted by atomic mass is 127. The van der Waals surface area contributed by atoms with Crippen molar-refractivity contribution in [1.82, 2.24) is 0 Å². The van der Waals surface area contributed by atoms with E-state index in [9.17, 15) is 9.59 Å². The fourth-order valence-corrected chi connectivity index (χ4v) is 4.40. The Morgan fingerprint density at radius 1 is 1.03 bits per heavy atom. The second kappa shape index (κ2) is 8.04. The third-order valence-corrected chi connectivity index (χ3v) is 6.07. The first kappa shape index (κ1) is 19.7. The Morgan fingerprint density at radius 2 is 1.62 bits per heavy atom. The number of rotatable bonds is 4. The van der Waals surface area contributed by atoms with Crippen molar-refractivity contribution in [2.24, 2.45) is 0 Å². The number of carbonyl (C=O) groups is 2.